The number of carboxylic acid groups (broad SMARTS) is 1. The van der Waals surface area contributed by atoms with Crippen molar-refractivity contribution in [3.05, 3.63) is 24.0 Å². The average Bonchev–Trinajstić information content (AvgIpc) is 2.36. The molecule has 1 amide bonds. The van der Waals surface area contributed by atoms with Crippen LogP contribution in [0.4, 0.5) is 4.79 Å². The molecule has 0 aliphatic carbocycles. The lowest BCUT2D eigenvalue weighted by Gasteiger charge is -2.33. The van der Waals surface area contributed by atoms with Gasteiger partial charge in [-0.2, -0.15) is 11.8 Å². The average molecular weight is 357 g/mol. The first kappa shape index (κ1) is 20.2. The van der Waals surface area contributed by atoms with Gasteiger partial charge in [-0.1, -0.05) is 20.8 Å². The Labute approximate surface area is 148 Å². The molecule has 23 heavy (non-hydrogen) atoms. The molecule has 1 N–H and O–H groups in total. The zero-order valence-electron chi connectivity index (χ0n) is 14.9. The van der Waals surface area contributed by atoms with Crippen LogP contribution in [0.5, 0.6) is 0 Å². The highest BCUT2D eigenvalue weighted by atomic mass is 32.2. The third-order valence-corrected chi connectivity index (χ3v) is 5.25. The zero-order chi connectivity index (χ0) is 17.7. The lowest BCUT2D eigenvalue weighted by molar-refractivity contribution is 0.105. The molecule has 0 aliphatic rings. The van der Waals surface area contributed by atoms with E-state index in [9.17, 15) is 9.90 Å². The van der Waals surface area contributed by atoms with E-state index in [0.29, 0.717) is 6.54 Å². The molecule has 1 heterocycles. The van der Waals surface area contributed by atoms with E-state index < -0.39 is 6.09 Å². The molecule has 130 valence electrons. The van der Waals surface area contributed by atoms with Gasteiger partial charge in [-0.15, -0.1) is 11.8 Å². The molecule has 0 atom stereocenters. The number of aromatic nitrogens is 1. The summed E-state index contributed by atoms with van der Waals surface area (Å²) in [6, 6.07) is 2.06. The number of rotatable bonds is 6. The summed E-state index contributed by atoms with van der Waals surface area (Å²) in [6.07, 6.45) is 2.89. The van der Waals surface area contributed by atoms with Crippen LogP contribution in [0.25, 0.3) is 0 Å². The Morgan fingerprint density at radius 1 is 1.26 bits per heavy atom. The van der Waals surface area contributed by atoms with Crippen molar-refractivity contribution in [3.8, 4) is 0 Å². The third kappa shape index (κ3) is 7.48. The number of amides is 1. The Bertz CT molecular complexity index is 522. The van der Waals surface area contributed by atoms with Gasteiger partial charge < -0.3 is 10.0 Å². The van der Waals surface area contributed by atoms with Gasteiger partial charge in [0, 0.05) is 45.6 Å². The van der Waals surface area contributed by atoms with Crippen LogP contribution in [-0.2, 0) is 5.75 Å². The largest absolute Gasteiger partial charge is 0.465 e. The normalized spacial score (nSPS) is 12.3. The quantitative estimate of drug-likeness (QED) is 0.575. The molecule has 0 saturated carbocycles. The number of pyridine rings is 1. The molecule has 4 nitrogen and oxygen atoms in total. The highest BCUT2D eigenvalue weighted by Gasteiger charge is 2.25. The summed E-state index contributed by atoms with van der Waals surface area (Å²) in [4.78, 5) is 18.3. The van der Waals surface area contributed by atoms with Crippen molar-refractivity contribution in [1.82, 2.24) is 9.88 Å². The lowest BCUT2D eigenvalue weighted by Crippen LogP contribution is -2.46. The van der Waals surface area contributed by atoms with E-state index in [1.807, 2.05) is 44.9 Å². The monoisotopic (exact) mass is 356 g/mol. The van der Waals surface area contributed by atoms with Gasteiger partial charge in [0.25, 0.3) is 0 Å². The standard InChI is InChI=1S/C17H28N2O2S2/c1-16(2,3)19(15(20)21)9-10-22-12-13-11-18-8-7-14(13)23-17(4,5)6/h7-8,11H,9-10,12H2,1-6H3,(H,20,21). The SMILES string of the molecule is CC(C)(C)Sc1ccncc1CSCCN(C(=O)O)C(C)(C)C. The summed E-state index contributed by atoms with van der Waals surface area (Å²) >= 11 is 3.59. The van der Waals surface area contributed by atoms with Crippen molar-refractivity contribution in [2.75, 3.05) is 12.3 Å². The summed E-state index contributed by atoms with van der Waals surface area (Å²) in [5.74, 6) is 1.63. The van der Waals surface area contributed by atoms with Crippen molar-refractivity contribution >= 4 is 29.6 Å². The molecule has 0 saturated heterocycles. The van der Waals surface area contributed by atoms with Gasteiger partial charge in [-0.3, -0.25) is 4.98 Å². The number of nitrogens with zero attached hydrogens (tertiary/aromatic N) is 2. The van der Waals surface area contributed by atoms with Gasteiger partial charge >= 0.3 is 6.09 Å². The van der Waals surface area contributed by atoms with Crippen LogP contribution in [0.2, 0.25) is 0 Å². The fourth-order valence-corrected chi connectivity index (χ4v) is 4.05. The molecule has 6 heteroatoms. The maximum Gasteiger partial charge on any atom is 0.407 e. The third-order valence-electron chi connectivity index (χ3n) is 3.03. The second-order valence-electron chi connectivity index (χ2n) is 7.36. The summed E-state index contributed by atoms with van der Waals surface area (Å²) in [5, 5.41) is 9.30. The predicted molar refractivity (Wildman–Crippen MR) is 100 cm³/mol. The molecular weight excluding hydrogens is 328 g/mol. The van der Waals surface area contributed by atoms with E-state index in [1.165, 1.54) is 15.4 Å². The second-order valence-corrected chi connectivity index (χ2v) is 10.3. The molecule has 1 rings (SSSR count). The van der Waals surface area contributed by atoms with E-state index in [-0.39, 0.29) is 10.3 Å². The molecule has 0 unspecified atom stereocenters. The Morgan fingerprint density at radius 3 is 2.43 bits per heavy atom. The summed E-state index contributed by atoms with van der Waals surface area (Å²) in [7, 11) is 0. The van der Waals surface area contributed by atoms with Crippen LogP contribution in [0, 0.1) is 0 Å². The first-order valence-corrected chi connectivity index (χ1v) is 9.68. The van der Waals surface area contributed by atoms with E-state index in [2.05, 4.69) is 31.8 Å². The molecule has 0 aliphatic heterocycles. The summed E-state index contributed by atoms with van der Waals surface area (Å²) in [5.41, 5.74) is 0.851. The molecule has 1 aromatic rings. The predicted octanol–water partition coefficient (Wildman–Crippen LogP) is 4.98. The van der Waals surface area contributed by atoms with Gasteiger partial charge in [0.1, 0.15) is 0 Å². The highest BCUT2D eigenvalue weighted by molar-refractivity contribution is 8.01. The van der Waals surface area contributed by atoms with Gasteiger partial charge in [-0.05, 0) is 32.4 Å². The first-order valence-electron chi connectivity index (χ1n) is 7.71. The topological polar surface area (TPSA) is 53.4 Å². The molecule has 0 bridgehead atoms. The molecule has 0 radical (unpaired) electrons. The van der Waals surface area contributed by atoms with Crippen LogP contribution >= 0.6 is 23.5 Å². The van der Waals surface area contributed by atoms with Crippen molar-refractivity contribution in [2.45, 2.75) is 62.5 Å². The van der Waals surface area contributed by atoms with E-state index in [0.717, 1.165) is 11.5 Å². The maximum absolute atomic E-state index is 11.3. The maximum atomic E-state index is 11.3. The number of thioether (sulfide) groups is 2. The Morgan fingerprint density at radius 2 is 1.91 bits per heavy atom. The lowest BCUT2D eigenvalue weighted by atomic mass is 10.1. The van der Waals surface area contributed by atoms with E-state index >= 15 is 0 Å². The van der Waals surface area contributed by atoms with Gasteiger partial charge in [0.05, 0.1) is 0 Å². The van der Waals surface area contributed by atoms with Crippen LogP contribution in [-0.4, -0.2) is 43.7 Å². The summed E-state index contributed by atoms with van der Waals surface area (Å²) in [6.45, 7) is 12.9. The molecular formula is C17H28N2O2S2. The fourth-order valence-electron chi connectivity index (χ4n) is 2.01. The summed E-state index contributed by atoms with van der Waals surface area (Å²) < 4.78 is 0.160. The minimum atomic E-state index is -0.858. The molecule has 0 fully saturated rings. The smallest absolute Gasteiger partial charge is 0.407 e. The zero-order valence-corrected chi connectivity index (χ0v) is 16.6. The van der Waals surface area contributed by atoms with Crippen molar-refractivity contribution in [3.63, 3.8) is 0 Å². The molecule has 1 aromatic heterocycles. The Kier molecular flexibility index (Phi) is 7.27. The minimum absolute atomic E-state index is 0.160. The van der Waals surface area contributed by atoms with E-state index in [1.54, 1.807) is 11.8 Å². The first-order chi connectivity index (χ1) is 10.5. The van der Waals surface area contributed by atoms with Crippen molar-refractivity contribution in [1.29, 1.82) is 0 Å². The van der Waals surface area contributed by atoms with Crippen LogP contribution in [0.1, 0.15) is 47.1 Å². The van der Waals surface area contributed by atoms with Gasteiger partial charge in [-0.25, -0.2) is 4.79 Å². The number of hydrogen-bond acceptors (Lipinski definition) is 4. The second kappa shape index (κ2) is 8.29. The highest BCUT2D eigenvalue weighted by Crippen LogP contribution is 2.35. The molecule has 0 aromatic carbocycles. The number of hydrogen-bond donors (Lipinski definition) is 1. The fraction of sp³-hybridized carbons (Fsp3) is 0.647. The molecule has 0 spiro atoms. The van der Waals surface area contributed by atoms with Crippen LogP contribution < -0.4 is 0 Å². The van der Waals surface area contributed by atoms with Crippen molar-refractivity contribution in [2.24, 2.45) is 0 Å². The van der Waals surface area contributed by atoms with Gasteiger partial charge in [0.15, 0.2) is 0 Å². The van der Waals surface area contributed by atoms with Crippen LogP contribution in [0.3, 0.4) is 0 Å². The van der Waals surface area contributed by atoms with Crippen LogP contribution in [0.15, 0.2) is 23.4 Å². The Balaban J connectivity index is 2.58. The Hall–Kier alpha value is -0.880. The van der Waals surface area contributed by atoms with Gasteiger partial charge in [0.2, 0.25) is 0 Å². The number of carbonyl (C=O) groups is 1. The van der Waals surface area contributed by atoms with E-state index in [4.69, 9.17) is 0 Å². The minimum Gasteiger partial charge on any atom is -0.465 e. The van der Waals surface area contributed by atoms with Crippen molar-refractivity contribution < 1.29 is 9.90 Å².